The molecule has 3 rings (SSSR count). The van der Waals surface area contributed by atoms with Crippen molar-refractivity contribution in [1.29, 1.82) is 0 Å². The fourth-order valence-electron chi connectivity index (χ4n) is 4.05. The molecule has 1 saturated carbocycles. The third kappa shape index (κ3) is 2.82. The number of halogens is 1. The van der Waals surface area contributed by atoms with Crippen molar-refractivity contribution < 1.29 is 0 Å². The Morgan fingerprint density at radius 3 is 2.90 bits per heavy atom. The summed E-state index contributed by atoms with van der Waals surface area (Å²) < 4.78 is 0. The monoisotopic (exact) mass is 292 g/mol. The van der Waals surface area contributed by atoms with E-state index in [0.29, 0.717) is 0 Å². The van der Waals surface area contributed by atoms with E-state index < -0.39 is 0 Å². The molecular weight excluding hydrogens is 268 g/mol. The second-order valence-corrected chi connectivity index (χ2v) is 6.98. The first-order valence-corrected chi connectivity index (χ1v) is 8.33. The quantitative estimate of drug-likeness (QED) is 0.912. The van der Waals surface area contributed by atoms with E-state index >= 15 is 0 Å². The van der Waals surface area contributed by atoms with Crippen molar-refractivity contribution in [1.82, 2.24) is 0 Å². The molecule has 0 aromatic heterocycles. The number of benzene rings is 1. The van der Waals surface area contributed by atoms with E-state index in [9.17, 15) is 0 Å². The van der Waals surface area contributed by atoms with Crippen molar-refractivity contribution >= 4 is 17.3 Å². The minimum Gasteiger partial charge on any atom is -0.368 e. The summed E-state index contributed by atoms with van der Waals surface area (Å²) in [5.41, 5.74) is 8.71. The fourth-order valence-corrected chi connectivity index (χ4v) is 4.24. The molecule has 1 aliphatic heterocycles. The summed E-state index contributed by atoms with van der Waals surface area (Å²) in [4.78, 5) is 2.64. The summed E-state index contributed by atoms with van der Waals surface area (Å²) in [6, 6.07) is 7.26. The molecule has 1 aromatic carbocycles. The Bertz CT molecular complexity index is 472. The number of hydrogen-bond acceptors (Lipinski definition) is 2. The van der Waals surface area contributed by atoms with Gasteiger partial charge in [0.25, 0.3) is 0 Å². The van der Waals surface area contributed by atoms with E-state index in [4.69, 9.17) is 17.3 Å². The molecule has 1 aromatic rings. The highest BCUT2D eigenvalue weighted by Crippen LogP contribution is 2.40. The van der Waals surface area contributed by atoms with Crippen LogP contribution in [0.1, 0.15) is 44.6 Å². The van der Waals surface area contributed by atoms with Crippen molar-refractivity contribution in [2.24, 2.45) is 11.7 Å². The van der Waals surface area contributed by atoms with Gasteiger partial charge in [0, 0.05) is 29.3 Å². The van der Waals surface area contributed by atoms with Crippen molar-refractivity contribution in [2.45, 2.75) is 57.5 Å². The standard InChI is InChI=1S/C17H25ClN2/c1-12(19)10-14-11-15(18)6-7-17(14)20-9-8-13-4-2-3-5-16(13)20/h6-7,11-13,16H,2-5,8-10,19H2,1H3. The van der Waals surface area contributed by atoms with Gasteiger partial charge in [0.05, 0.1) is 0 Å². The average Bonchev–Trinajstić information content (AvgIpc) is 2.82. The van der Waals surface area contributed by atoms with E-state index in [1.165, 1.54) is 49.9 Å². The van der Waals surface area contributed by atoms with Crippen LogP contribution in [0, 0.1) is 5.92 Å². The molecule has 0 radical (unpaired) electrons. The van der Waals surface area contributed by atoms with Crippen LogP contribution in [0.4, 0.5) is 5.69 Å². The van der Waals surface area contributed by atoms with Crippen LogP contribution in [0.25, 0.3) is 0 Å². The van der Waals surface area contributed by atoms with Gasteiger partial charge >= 0.3 is 0 Å². The summed E-state index contributed by atoms with van der Waals surface area (Å²) in [7, 11) is 0. The number of fused-ring (bicyclic) bond motifs is 1. The zero-order chi connectivity index (χ0) is 14.1. The summed E-state index contributed by atoms with van der Waals surface area (Å²) in [6.45, 7) is 3.26. The van der Waals surface area contributed by atoms with Gasteiger partial charge in [-0.05, 0) is 62.3 Å². The highest BCUT2D eigenvalue weighted by atomic mass is 35.5. The second-order valence-electron chi connectivity index (χ2n) is 6.55. The Hall–Kier alpha value is -0.730. The molecule has 1 saturated heterocycles. The van der Waals surface area contributed by atoms with Crippen LogP contribution in [0.15, 0.2) is 18.2 Å². The van der Waals surface area contributed by atoms with Gasteiger partial charge in [-0.15, -0.1) is 0 Å². The zero-order valence-electron chi connectivity index (χ0n) is 12.3. The lowest BCUT2D eigenvalue weighted by Gasteiger charge is -2.34. The number of anilines is 1. The molecule has 0 spiro atoms. The molecule has 3 atom stereocenters. The van der Waals surface area contributed by atoms with E-state index in [2.05, 4.69) is 24.0 Å². The van der Waals surface area contributed by atoms with Crippen LogP contribution in [0.2, 0.25) is 5.02 Å². The van der Waals surface area contributed by atoms with Crippen LogP contribution >= 0.6 is 11.6 Å². The molecule has 0 amide bonds. The molecule has 2 nitrogen and oxygen atoms in total. The molecule has 3 unspecified atom stereocenters. The zero-order valence-corrected chi connectivity index (χ0v) is 13.1. The van der Waals surface area contributed by atoms with Crippen molar-refractivity contribution in [2.75, 3.05) is 11.4 Å². The van der Waals surface area contributed by atoms with E-state index in [1.54, 1.807) is 0 Å². The SMILES string of the molecule is CC(N)Cc1cc(Cl)ccc1N1CCC2CCCCC21. The minimum atomic E-state index is 0.178. The first-order chi connectivity index (χ1) is 9.65. The second kappa shape index (κ2) is 5.95. The van der Waals surface area contributed by atoms with Gasteiger partial charge in [0.15, 0.2) is 0 Å². The maximum absolute atomic E-state index is 6.19. The van der Waals surface area contributed by atoms with E-state index in [-0.39, 0.29) is 6.04 Å². The highest BCUT2D eigenvalue weighted by Gasteiger charge is 2.36. The van der Waals surface area contributed by atoms with Gasteiger partial charge in [-0.3, -0.25) is 0 Å². The molecule has 0 bridgehead atoms. The summed E-state index contributed by atoms with van der Waals surface area (Å²) >= 11 is 6.19. The first-order valence-electron chi connectivity index (χ1n) is 7.96. The Balaban J connectivity index is 1.89. The number of nitrogens with two attached hydrogens (primary N) is 1. The number of nitrogens with zero attached hydrogens (tertiary/aromatic N) is 1. The van der Waals surface area contributed by atoms with Crippen LogP contribution in [-0.2, 0) is 6.42 Å². The summed E-state index contributed by atoms with van der Waals surface area (Å²) in [6.07, 6.45) is 7.83. The lowest BCUT2D eigenvalue weighted by molar-refractivity contribution is 0.342. The molecule has 2 fully saturated rings. The lowest BCUT2D eigenvalue weighted by atomic mass is 9.85. The predicted octanol–water partition coefficient (Wildman–Crippen LogP) is 4.00. The third-order valence-electron chi connectivity index (χ3n) is 4.90. The third-order valence-corrected chi connectivity index (χ3v) is 5.14. The normalized spacial score (nSPS) is 27.4. The van der Waals surface area contributed by atoms with Crippen LogP contribution < -0.4 is 10.6 Å². The van der Waals surface area contributed by atoms with E-state index in [0.717, 1.165) is 23.4 Å². The van der Waals surface area contributed by atoms with Crippen LogP contribution in [0.5, 0.6) is 0 Å². The van der Waals surface area contributed by atoms with Crippen LogP contribution in [-0.4, -0.2) is 18.6 Å². The average molecular weight is 293 g/mol. The topological polar surface area (TPSA) is 29.3 Å². The first kappa shape index (κ1) is 14.2. The molecular formula is C17H25ClN2. The lowest BCUT2D eigenvalue weighted by Crippen LogP contribution is -2.35. The largest absolute Gasteiger partial charge is 0.368 e. The Morgan fingerprint density at radius 1 is 1.30 bits per heavy atom. The highest BCUT2D eigenvalue weighted by molar-refractivity contribution is 6.30. The summed E-state index contributed by atoms with van der Waals surface area (Å²) in [5, 5.41) is 0.823. The smallest absolute Gasteiger partial charge is 0.0410 e. The van der Waals surface area contributed by atoms with Gasteiger partial charge in [-0.2, -0.15) is 0 Å². The van der Waals surface area contributed by atoms with Gasteiger partial charge in [-0.25, -0.2) is 0 Å². The van der Waals surface area contributed by atoms with Gasteiger partial charge in [0.1, 0.15) is 0 Å². The Morgan fingerprint density at radius 2 is 2.10 bits per heavy atom. The van der Waals surface area contributed by atoms with Crippen LogP contribution in [0.3, 0.4) is 0 Å². The van der Waals surface area contributed by atoms with Gasteiger partial charge in [0.2, 0.25) is 0 Å². The number of rotatable bonds is 3. The van der Waals surface area contributed by atoms with Crippen molar-refractivity contribution in [3.05, 3.63) is 28.8 Å². The Labute approximate surface area is 127 Å². The number of hydrogen-bond donors (Lipinski definition) is 1. The molecule has 20 heavy (non-hydrogen) atoms. The van der Waals surface area contributed by atoms with Crippen molar-refractivity contribution in [3.8, 4) is 0 Å². The molecule has 2 aliphatic rings. The molecule has 110 valence electrons. The minimum absolute atomic E-state index is 0.178. The molecule has 1 heterocycles. The molecule has 1 aliphatic carbocycles. The predicted molar refractivity (Wildman–Crippen MR) is 86.5 cm³/mol. The summed E-state index contributed by atoms with van der Waals surface area (Å²) in [5.74, 6) is 0.905. The van der Waals surface area contributed by atoms with E-state index in [1.807, 2.05) is 6.07 Å². The maximum Gasteiger partial charge on any atom is 0.0410 e. The Kier molecular flexibility index (Phi) is 4.23. The maximum atomic E-state index is 6.19. The van der Waals surface area contributed by atoms with Gasteiger partial charge in [-0.1, -0.05) is 24.4 Å². The van der Waals surface area contributed by atoms with Gasteiger partial charge < -0.3 is 10.6 Å². The molecule has 2 N–H and O–H groups in total. The van der Waals surface area contributed by atoms with Crippen molar-refractivity contribution in [3.63, 3.8) is 0 Å². The molecule has 3 heteroatoms. The fraction of sp³-hybridized carbons (Fsp3) is 0.647.